The summed E-state index contributed by atoms with van der Waals surface area (Å²) in [6, 6.07) is 10.5. The normalized spacial score (nSPS) is 20.3. The van der Waals surface area contributed by atoms with Gasteiger partial charge in [0.15, 0.2) is 0 Å². The van der Waals surface area contributed by atoms with Crippen LogP contribution in [0.5, 0.6) is 0 Å². The first-order valence-electron chi connectivity index (χ1n) is 6.02. The maximum absolute atomic E-state index is 11.8. The molecule has 1 aliphatic heterocycles. The number of carbonyl (C=O) groups excluding carboxylic acids is 1. The van der Waals surface area contributed by atoms with Gasteiger partial charge in [0.1, 0.15) is 0 Å². The fraction of sp³-hybridized carbons (Fsp3) is 0.462. The molecule has 0 radical (unpaired) electrons. The number of carbonyl (C=O) groups is 1. The predicted molar refractivity (Wildman–Crippen MR) is 67.7 cm³/mol. The van der Waals surface area contributed by atoms with Crippen LogP contribution < -0.4 is 10.6 Å². The predicted octanol–water partition coefficient (Wildman–Crippen LogP) is 0.379. The van der Waals surface area contributed by atoms with E-state index in [1.807, 2.05) is 23.1 Å². The molecule has 4 heteroatoms. The summed E-state index contributed by atoms with van der Waals surface area (Å²) >= 11 is 0. The largest absolute Gasteiger partial charge is 0.338 e. The van der Waals surface area contributed by atoms with E-state index in [1.54, 1.807) is 7.05 Å². The van der Waals surface area contributed by atoms with Crippen LogP contribution in [-0.4, -0.2) is 44.0 Å². The first kappa shape index (κ1) is 12.1. The summed E-state index contributed by atoms with van der Waals surface area (Å²) in [4.78, 5) is 13.7. The molecule has 2 N–H and O–H groups in total. The highest BCUT2D eigenvalue weighted by atomic mass is 16.2. The summed E-state index contributed by atoms with van der Waals surface area (Å²) in [5, 5.41) is 6.36. The Labute approximate surface area is 102 Å². The lowest BCUT2D eigenvalue weighted by atomic mass is 10.0. The van der Waals surface area contributed by atoms with Crippen LogP contribution in [0.4, 0.5) is 0 Å². The molecule has 0 aliphatic carbocycles. The molecule has 0 saturated carbocycles. The van der Waals surface area contributed by atoms with Crippen LogP contribution in [0.1, 0.15) is 11.6 Å². The third-order valence-electron chi connectivity index (χ3n) is 3.06. The maximum Gasteiger partial charge on any atom is 0.236 e. The molecule has 92 valence electrons. The van der Waals surface area contributed by atoms with Crippen LogP contribution in [0.3, 0.4) is 0 Å². The van der Waals surface area contributed by atoms with E-state index in [9.17, 15) is 4.79 Å². The fourth-order valence-electron chi connectivity index (χ4n) is 2.15. The molecule has 1 aliphatic rings. The van der Waals surface area contributed by atoms with Crippen molar-refractivity contribution in [2.75, 3.05) is 33.2 Å². The van der Waals surface area contributed by atoms with Crippen LogP contribution in [0.15, 0.2) is 30.3 Å². The minimum atomic E-state index is 0.176. The molecule has 17 heavy (non-hydrogen) atoms. The fourth-order valence-corrected chi connectivity index (χ4v) is 2.15. The Kier molecular flexibility index (Phi) is 4.12. The Balaban J connectivity index is 2.00. The van der Waals surface area contributed by atoms with Crippen molar-refractivity contribution in [1.29, 1.82) is 0 Å². The maximum atomic E-state index is 11.8. The van der Waals surface area contributed by atoms with Crippen LogP contribution >= 0.6 is 0 Å². The Bertz CT molecular complexity index is 366. The molecule has 1 atom stereocenters. The molecule has 2 rings (SSSR count). The van der Waals surface area contributed by atoms with Crippen molar-refractivity contribution in [3.05, 3.63) is 35.9 Å². The molecule has 0 aromatic heterocycles. The summed E-state index contributed by atoms with van der Waals surface area (Å²) < 4.78 is 0. The van der Waals surface area contributed by atoms with Crippen LogP contribution in [0.25, 0.3) is 0 Å². The van der Waals surface area contributed by atoms with Crippen LogP contribution in [0, 0.1) is 0 Å². The van der Waals surface area contributed by atoms with Crippen molar-refractivity contribution >= 4 is 5.91 Å². The van der Waals surface area contributed by atoms with Crippen molar-refractivity contribution in [2.24, 2.45) is 0 Å². The smallest absolute Gasteiger partial charge is 0.236 e. The summed E-state index contributed by atoms with van der Waals surface area (Å²) in [7, 11) is 1.80. The van der Waals surface area contributed by atoms with E-state index in [2.05, 4.69) is 22.8 Å². The zero-order valence-corrected chi connectivity index (χ0v) is 10.1. The molecule has 1 aromatic carbocycles. The Hall–Kier alpha value is -1.39. The van der Waals surface area contributed by atoms with E-state index in [-0.39, 0.29) is 11.9 Å². The molecule has 0 spiro atoms. The van der Waals surface area contributed by atoms with Crippen molar-refractivity contribution in [2.45, 2.75) is 6.04 Å². The molecular formula is C13H19N3O. The summed E-state index contributed by atoms with van der Waals surface area (Å²) in [5.41, 5.74) is 1.24. The molecule has 1 unspecified atom stereocenters. The molecule has 1 fully saturated rings. The van der Waals surface area contributed by atoms with Gasteiger partial charge in [-0.15, -0.1) is 0 Å². The zero-order valence-electron chi connectivity index (χ0n) is 10.1. The van der Waals surface area contributed by atoms with Gasteiger partial charge in [0.2, 0.25) is 5.91 Å². The van der Waals surface area contributed by atoms with Gasteiger partial charge in [-0.05, 0) is 12.6 Å². The number of amides is 1. The van der Waals surface area contributed by atoms with Crippen molar-refractivity contribution < 1.29 is 4.79 Å². The van der Waals surface area contributed by atoms with E-state index in [0.717, 1.165) is 19.6 Å². The van der Waals surface area contributed by atoms with Gasteiger partial charge in [0.25, 0.3) is 0 Å². The highest BCUT2D eigenvalue weighted by molar-refractivity contribution is 5.78. The first-order chi connectivity index (χ1) is 8.31. The van der Waals surface area contributed by atoms with Gasteiger partial charge < -0.3 is 15.5 Å². The second-order valence-corrected chi connectivity index (χ2v) is 4.29. The number of likely N-dealkylation sites (N-methyl/N-ethyl adjacent to an activating group) is 1. The van der Waals surface area contributed by atoms with Gasteiger partial charge in [-0.1, -0.05) is 30.3 Å². The molecule has 1 heterocycles. The highest BCUT2D eigenvalue weighted by Gasteiger charge is 2.23. The number of benzene rings is 1. The number of hydrogen-bond acceptors (Lipinski definition) is 3. The van der Waals surface area contributed by atoms with Gasteiger partial charge in [0.05, 0.1) is 6.54 Å². The van der Waals surface area contributed by atoms with E-state index < -0.39 is 0 Å². The van der Waals surface area contributed by atoms with Crippen LogP contribution in [0.2, 0.25) is 0 Å². The second kappa shape index (κ2) is 5.80. The molecular weight excluding hydrogens is 214 g/mol. The van der Waals surface area contributed by atoms with Crippen LogP contribution in [-0.2, 0) is 4.79 Å². The number of rotatable bonds is 3. The minimum absolute atomic E-state index is 0.176. The lowest BCUT2D eigenvalue weighted by Crippen LogP contribution is -2.50. The average molecular weight is 233 g/mol. The lowest BCUT2D eigenvalue weighted by molar-refractivity contribution is -0.131. The number of piperazine rings is 1. The summed E-state index contributed by atoms with van der Waals surface area (Å²) in [6.45, 7) is 2.82. The monoisotopic (exact) mass is 233 g/mol. The molecule has 1 amide bonds. The topological polar surface area (TPSA) is 44.4 Å². The van der Waals surface area contributed by atoms with E-state index in [0.29, 0.717) is 6.54 Å². The van der Waals surface area contributed by atoms with Gasteiger partial charge >= 0.3 is 0 Å². The Morgan fingerprint density at radius 1 is 1.47 bits per heavy atom. The van der Waals surface area contributed by atoms with Crippen molar-refractivity contribution in [3.63, 3.8) is 0 Å². The lowest BCUT2D eigenvalue weighted by Gasteiger charge is -2.34. The average Bonchev–Trinajstić information content (AvgIpc) is 2.40. The van der Waals surface area contributed by atoms with Gasteiger partial charge in [-0.25, -0.2) is 0 Å². The Morgan fingerprint density at radius 3 is 2.94 bits per heavy atom. The molecule has 0 bridgehead atoms. The highest BCUT2D eigenvalue weighted by Crippen LogP contribution is 2.16. The third-order valence-corrected chi connectivity index (χ3v) is 3.06. The Morgan fingerprint density at radius 2 is 2.24 bits per heavy atom. The SMILES string of the molecule is CNCC(=O)N1CCNC(c2ccccc2)C1. The van der Waals surface area contributed by atoms with Gasteiger partial charge in [0, 0.05) is 25.7 Å². The number of hydrogen-bond donors (Lipinski definition) is 2. The number of nitrogens with one attached hydrogen (secondary N) is 2. The quantitative estimate of drug-likeness (QED) is 0.793. The summed E-state index contributed by atoms with van der Waals surface area (Å²) in [5.74, 6) is 0.176. The molecule has 4 nitrogen and oxygen atoms in total. The zero-order chi connectivity index (χ0) is 12.1. The van der Waals surface area contributed by atoms with Crippen molar-refractivity contribution in [1.82, 2.24) is 15.5 Å². The van der Waals surface area contributed by atoms with E-state index in [4.69, 9.17) is 0 Å². The third kappa shape index (κ3) is 3.05. The first-order valence-corrected chi connectivity index (χ1v) is 6.02. The molecule has 1 saturated heterocycles. The van der Waals surface area contributed by atoms with E-state index >= 15 is 0 Å². The van der Waals surface area contributed by atoms with Gasteiger partial charge in [-0.3, -0.25) is 4.79 Å². The second-order valence-electron chi connectivity index (χ2n) is 4.29. The van der Waals surface area contributed by atoms with Crippen molar-refractivity contribution in [3.8, 4) is 0 Å². The standard InChI is InChI=1S/C13H19N3O/c1-14-9-13(17)16-8-7-15-12(10-16)11-5-3-2-4-6-11/h2-6,12,14-15H,7-10H2,1H3. The summed E-state index contributed by atoms with van der Waals surface area (Å²) in [6.07, 6.45) is 0. The van der Waals surface area contributed by atoms with E-state index in [1.165, 1.54) is 5.56 Å². The molecule has 1 aromatic rings. The minimum Gasteiger partial charge on any atom is -0.338 e. The number of nitrogens with zero attached hydrogens (tertiary/aromatic N) is 1. The van der Waals surface area contributed by atoms with Gasteiger partial charge in [-0.2, -0.15) is 0 Å².